The van der Waals surface area contributed by atoms with E-state index in [0.29, 0.717) is 18.7 Å². The predicted molar refractivity (Wildman–Crippen MR) is 50.1 cm³/mol. The molecule has 3 unspecified atom stereocenters. The standard InChI is InChI=1S/C9H20N2O/c1-7-5-9(3-4-11-7)12-8(2)6-10/h7-9,11H,3-6,10H2,1-2H3. The molecule has 0 radical (unpaired) electrons. The van der Waals surface area contributed by atoms with E-state index in [4.69, 9.17) is 10.5 Å². The highest BCUT2D eigenvalue weighted by Crippen LogP contribution is 2.13. The maximum atomic E-state index is 5.75. The lowest BCUT2D eigenvalue weighted by atomic mass is 10.0. The topological polar surface area (TPSA) is 47.3 Å². The number of rotatable bonds is 3. The van der Waals surface area contributed by atoms with Gasteiger partial charge in [-0.05, 0) is 33.2 Å². The Morgan fingerprint density at radius 1 is 1.67 bits per heavy atom. The summed E-state index contributed by atoms with van der Waals surface area (Å²) in [6.45, 7) is 5.93. The van der Waals surface area contributed by atoms with Gasteiger partial charge in [-0.25, -0.2) is 0 Å². The van der Waals surface area contributed by atoms with Crippen LogP contribution in [-0.4, -0.2) is 31.3 Å². The fourth-order valence-corrected chi connectivity index (χ4v) is 1.59. The normalized spacial score (nSPS) is 33.2. The van der Waals surface area contributed by atoms with Crippen molar-refractivity contribution in [1.82, 2.24) is 5.32 Å². The molecule has 0 aliphatic carbocycles. The van der Waals surface area contributed by atoms with E-state index in [1.165, 1.54) is 0 Å². The van der Waals surface area contributed by atoms with Gasteiger partial charge in [0.1, 0.15) is 0 Å². The SMILES string of the molecule is CC1CC(OC(C)CN)CCN1. The Bertz CT molecular complexity index is 130. The molecule has 1 heterocycles. The van der Waals surface area contributed by atoms with E-state index in [-0.39, 0.29) is 6.10 Å². The molecule has 72 valence electrons. The highest BCUT2D eigenvalue weighted by atomic mass is 16.5. The molecule has 0 aromatic carbocycles. The first-order valence-corrected chi connectivity index (χ1v) is 4.81. The van der Waals surface area contributed by atoms with Gasteiger partial charge in [0, 0.05) is 12.6 Å². The Hall–Kier alpha value is -0.120. The minimum atomic E-state index is 0.209. The van der Waals surface area contributed by atoms with Gasteiger partial charge in [-0.3, -0.25) is 0 Å². The summed E-state index contributed by atoms with van der Waals surface area (Å²) in [4.78, 5) is 0. The summed E-state index contributed by atoms with van der Waals surface area (Å²) in [5, 5.41) is 3.39. The van der Waals surface area contributed by atoms with Crippen molar-refractivity contribution in [2.24, 2.45) is 5.73 Å². The van der Waals surface area contributed by atoms with Crippen molar-refractivity contribution in [2.75, 3.05) is 13.1 Å². The lowest BCUT2D eigenvalue weighted by Gasteiger charge is -2.29. The summed E-state index contributed by atoms with van der Waals surface area (Å²) in [5.74, 6) is 0. The van der Waals surface area contributed by atoms with E-state index < -0.39 is 0 Å². The number of ether oxygens (including phenoxy) is 1. The number of hydrogen-bond acceptors (Lipinski definition) is 3. The predicted octanol–water partition coefficient (Wildman–Crippen LogP) is 0.491. The number of nitrogens with one attached hydrogen (secondary N) is 1. The van der Waals surface area contributed by atoms with Crippen molar-refractivity contribution in [3.05, 3.63) is 0 Å². The first-order chi connectivity index (χ1) is 5.72. The molecule has 0 spiro atoms. The van der Waals surface area contributed by atoms with Gasteiger partial charge in [0.05, 0.1) is 12.2 Å². The number of piperidine rings is 1. The zero-order valence-corrected chi connectivity index (χ0v) is 8.05. The fraction of sp³-hybridized carbons (Fsp3) is 1.00. The largest absolute Gasteiger partial charge is 0.374 e. The van der Waals surface area contributed by atoms with Crippen molar-refractivity contribution in [3.8, 4) is 0 Å². The van der Waals surface area contributed by atoms with Gasteiger partial charge in [0.25, 0.3) is 0 Å². The molecule has 3 N–H and O–H groups in total. The zero-order valence-electron chi connectivity index (χ0n) is 8.05. The Morgan fingerprint density at radius 2 is 2.42 bits per heavy atom. The molecule has 1 rings (SSSR count). The number of hydrogen-bond donors (Lipinski definition) is 2. The van der Waals surface area contributed by atoms with Crippen LogP contribution in [0.15, 0.2) is 0 Å². The minimum absolute atomic E-state index is 0.209. The summed E-state index contributed by atoms with van der Waals surface area (Å²) in [6.07, 6.45) is 2.86. The quantitative estimate of drug-likeness (QED) is 0.651. The average Bonchev–Trinajstić information content (AvgIpc) is 2.04. The molecule has 0 bridgehead atoms. The van der Waals surface area contributed by atoms with Crippen molar-refractivity contribution < 1.29 is 4.74 Å². The molecule has 1 fully saturated rings. The Balaban J connectivity index is 2.22. The lowest BCUT2D eigenvalue weighted by Crippen LogP contribution is -2.41. The van der Waals surface area contributed by atoms with Gasteiger partial charge >= 0.3 is 0 Å². The molecule has 1 aliphatic rings. The molecule has 12 heavy (non-hydrogen) atoms. The van der Waals surface area contributed by atoms with Crippen LogP contribution in [0, 0.1) is 0 Å². The molecular weight excluding hydrogens is 152 g/mol. The highest BCUT2D eigenvalue weighted by molar-refractivity contribution is 4.76. The van der Waals surface area contributed by atoms with Gasteiger partial charge in [0.2, 0.25) is 0 Å². The maximum absolute atomic E-state index is 5.75. The second-order valence-corrected chi connectivity index (χ2v) is 3.68. The maximum Gasteiger partial charge on any atom is 0.0672 e. The summed E-state index contributed by atoms with van der Waals surface area (Å²) < 4.78 is 5.75. The second kappa shape index (κ2) is 4.80. The van der Waals surface area contributed by atoms with Crippen molar-refractivity contribution in [3.63, 3.8) is 0 Å². The third-order valence-electron chi connectivity index (χ3n) is 2.33. The monoisotopic (exact) mass is 172 g/mol. The van der Waals surface area contributed by atoms with Crippen molar-refractivity contribution >= 4 is 0 Å². The highest BCUT2D eigenvalue weighted by Gasteiger charge is 2.19. The Labute approximate surface area is 74.7 Å². The first kappa shape index (κ1) is 9.96. The third kappa shape index (κ3) is 3.09. The lowest BCUT2D eigenvalue weighted by molar-refractivity contribution is -0.0193. The van der Waals surface area contributed by atoms with Crippen LogP contribution in [-0.2, 0) is 4.74 Å². The molecule has 0 aromatic rings. The molecule has 0 amide bonds. The Morgan fingerprint density at radius 3 is 3.00 bits per heavy atom. The summed E-state index contributed by atoms with van der Waals surface area (Å²) in [6, 6.07) is 0.591. The van der Waals surface area contributed by atoms with Gasteiger partial charge in [-0.15, -0.1) is 0 Å². The van der Waals surface area contributed by atoms with Crippen LogP contribution in [0.1, 0.15) is 26.7 Å². The first-order valence-electron chi connectivity index (χ1n) is 4.81. The molecule has 3 nitrogen and oxygen atoms in total. The van der Waals surface area contributed by atoms with E-state index in [0.717, 1.165) is 19.4 Å². The van der Waals surface area contributed by atoms with E-state index >= 15 is 0 Å². The fourth-order valence-electron chi connectivity index (χ4n) is 1.59. The zero-order chi connectivity index (χ0) is 8.97. The van der Waals surface area contributed by atoms with Crippen LogP contribution in [0.5, 0.6) is 0 Å². The summed E-state index contributed by atoms with van der Waals surface area (Å²) in [5.41, 5.74) is 5.48. The van der Waals surface area contributed by atoms with E-state index in [1.807, 2.05) is 6.92 Å². The van der Waals surface area contributed by atoms with E-state index in [9.17, 15) is 0 Å². The second-order valence-electron chi connectivity index (χ2n) is 3.68. The summed E-state index contributed by atoms with van der Waals surface area (Å²) >= 11 is 0. The van der Waals surface area contributed by atoms with Gasteiger partial charge in [0.15, 0.2) is 0 Å². The van der Waals surface area contributed by atoms with Crippen LogP contribution < -0.4 is 11.1 Å². The van der Waals surface area contributed by atoms with Gasteiger partial charge in [-0.1, -0.05) is 0 Å². The van der Waals surface area contributed by atoms with Gasteiger partial charge < -0.3 is 15.8 Å². The average molecular weight is 172 g/mol. The van der Waals surface area contributed by atoms with Crippen LogP contribution >= 0.6 is 0 Å². The van der Waals surface area contributed by atoms with E-state index in [1.54, 1.807) is 0 Å². The molecule has 0 aromatic heterocycles. The summed E-state index contributed by atoms with van der Waals surface area (Å²) in [7, 11) is 0. The molecular formula is C9H20N2O. The Kier molecular flexibility index (Phi) is 3.98. The van der Waals surface area contributed by atoms with E-state index in [2.05, 4.69) is 12.2 Å². The van der Waals surface area contributed by atoms with Gasteiger partial charge in [-0.2, -0.15) is 0 Å². The minimum Gasteiger partial charge on any atom is -0.374 e. The molecule has 1 aliphatic heterocycles. The van der Waals surface area contributed by atoms with Crippen LogP contribution in [0.3, 0.4) is 0 Å². The van der Waals surface area contributed by atoms with Crippen molar-refractivity contribution in [2.45, 2.75) is 44.9 Å². The van der Waals surface area contributed by atoms with Crippen LogP contribution in [0.2, 0.25) is 0 Å². The van der Waals surface area contributed by atoms with Crippen LogP contribution in [0.25, 0.3) is 0 Å². The smallest absolute Gasteiger partial charge is 0.0672 e. The third-order valence-corrected chi connectivity index (χ3v) is 2.33. The molecule has 1 saturated heterocycles. The van der Waals surface area contributed by atoms with Crippen molar-refractivity contribution in [1.29, 1.82) is 0 Å². The molecule has 3 heteroatoms. The molecule has 0 saturated carbocycles. The van der Waals surface area contributed by atoms with Crippen LogP contribution in [0.4, 0.5) is 0 Å². The number of nitrogens with two attached hydrogens (primary N) is 1. The molecule has 3 atom stereocenters.